The summed E-state index contributed by atoms with van der Waals surface area (Å²) in [5.74, 6) is 1.63. The monoisotopic (exact) mass is 226 g/mol. The number of hydrogen-bond donors (Lipinski definition) is 2. The molecular weight excluding hydrogens is 196 g/mol. The molecule has 0 aromatic heterocycles. The summed E-state index contributed by atoms with van der Waals surface area (Å²) in [6, 6.07) is 0. The van der Waals surface area contributed by atoms with Gasteiger partial charge in [0.05, 0.1) is 0 Å². The van der Waals surface area contributed by atoms with Crippen molar-refractivity contribution < 1.29 is 0 Å². The van der Waals surface area contributed by atoms with E-state index in [-0.39, 0.29) is 0 Å². The third-order valence-corrected chi connectivity index (χ3v) is 4.57. The molecule has 1 unspecified atom stereocenters. The number of rotatable bonds is 7. The van der Waals surface area contributed by atoms with E-state index in [2.05, 4.69) is 38.3 Å². The predicted octanol–water partition coefficient (Wildman–Crippen LogP) is 2.65. The summed E-state index contributed by atoms with van der Waals surface area (Å²) in [6.07, 6.45) is 3.94. The van der Waals surface area contributed by atoms with Crippen molar-refractivity contribution in [2.75, 3.05) is 26.2 Å². The Balaban J connectivity index is 2.33. The van der Waals surface area contributed by atoms with Gasteiger partial charge in [-0.3, -0.25) is 0 Å². The fourth-order valence-corrected chi connectivity index (χ4v) is 2.71. The summed E-state index contributed by atoms with van der Waals surface area (Å²) < 4.78 is 0. The van der Waals surface area contributed by atoms with Crippen LogP contribution in [0.15, 0.2) is 0 Å². The van der Waals surface area contributed by atoms with E-state index in [9.17, 15) is 0 Å². The van der Waals surface area contributed by atoms with E-state index >= 15 is 0 Å². The van der Waals surface area contributed by atoms with E-state index in [4.69, 9.17) is 0 Å². The molecule has 1 rings (SSSR count). The van der Waals surface area contributed by atoms with Crippen molar-refractivity contribution >= 4 is 0 Å². The fourth-order valence-electron chi connectivity index (χ4n) is 2.71. The second-order valence-corrected chi connectivity index (χ2v) is 5.76. The normalized spacial score (nSPS) is 25.9. The minimum Gasteiger partial charge on any atom is -0.316 e. The smallest absolute Gasteiger partial charge is 0.00230 e. The molecule has 0 bridgehead atoms. The Kier molecular flexibility index (Phi) is 5.77. The van der Waals surface area contributed by atoms with Crippen LogP contribution in [0.3, 0.4) is 0 Å². The van der Waals surface area contributed by atoms with Crippen LogP contribution < -0.4 is 10.6 Å². The van der Waals surface area contributed by atoms with E-state index in [0.29, 0.717) is 5.41 Å². The second-order valence-electron chi connectivity index (χ2n) is 5.76. The lowest BCUT2D eigenvalue weighted by Gasteiger charge is -2.33. The van der Waals surface area contributed by atoms with Crippen molar-refractivity contribution in [1.29, 1.82) is 0 Å². The molecule has 0 spiro atoms. The van der Waals surface area contributed by atoms with Crippen LogP contribution in [0.1, 0.15) is 47.0 Å². The molecule has 2 nitrogen and oxygen atoms in total. The Hall–Kier alpha value is -0.0800. The van der Waals surface area contributed by atoms with Crippen molar-refractivity contribution in [3.8, 4) is 0 Å². The van der Waals surface area contributed by atoms with Crippen molar-refractivity contribution in [3.63, 3.8) is 0 Å². The van der Waals surface area contributed by atoms with Gasteiger partial charge in [-0.25, -0.2) is 0 Å². The lowest BCUT2D eigenvalue weighted by molar-refractivity contribution is 0.204. The molecule has 1 saturated heterocycles. The van der Waals surface area contributed by atoms with Gasteiger partial charge >= 0.3 is 0 Å². The van der Waals surface area contributed by atoms with Gasteiger partial charge in [-0.05, 0) is 36.8 Å². The second kappa shape index (κ2) is 6.61. The molecule has 0 saturated carbocycles. The van der Waals surface area contributed by atoms with Crippen molar-refractivity contribution in [2.45, 2.75) is 47.0 Å². The first-order valence-electron chi connectivity index (χ1n) is 7.06. The predicted molar refractivity (Wildman–Crippen MR) is 71.7 cm³/mol. The minimum atomic E-state index is 0.506. The minimum absolute atomic E-state index is 0.506. The van der Waals surface area contributed by atoms with E-state index in [0.717, 1.165) is 11.8 Å². The highest BCUT2D eigenvalue weighted by Crippen LogP contribution is 2.33. The SMILES string of the molecule is CCC(CC)CNCC1(C(C)C)CCNC1. The highest BCUT2D eigenvalue weighted by molar-refractivity contribution is 4.92. The van der Waals surface area contributed by atoms with Gasteiger partial charge in [-0.15, -0.1) is 0 Å². The lowest BCUT2D eigenvalue weighted by atomic mass is 9.76. The highest BCUT2D eigenvalue weighted by Gasteiger charge is 2.36. The van der Waals surface area contributed by atoms with E-state index in [1.807, 2.05) is 0 Å². The van der Waals surface area contributed by atoms with Crippen LogP contribution in [0.25, 0.3) is 0 Å². The van der Waals surface area contributed by atoms with Gasteiger partial charge in [-0.2, -0.15) is 0 Å². The topological polar surface area (TPSA) is 24.1 Å². The molecule has 0 aromatic carbocycles. The molecule has 0 radical (unpaired) electrons. The zero-order chi connectivity index (χ0) is 12.0. The largest absolute Gasteiger partial charge is 0.316 e. The molecule has 1 aliphatic heterocycles. The average molecular weight is 226 g/mol. The molecule has 0 amide bonds. The first kappa shape index (κ1) is 14.0. The Bertz CT molecular complexity index is 179. The van der Waals surface area contributed by atoms with Gasteiger partial charge in [0, 0.05) is 13.1 Å². The quantitative estimate of drug-likeness (QED) is 0.697. The number of nitrogens with one attached hydrogen (secondary N) is 2. The van der Waals surface area contributed by atoms with Crippen LogP contribution in [-0.2, 0) is 0 Å². The summed E-state index contributed by atoms with van der Waals surface area (Å²) in [5.41, 5.74) is 0.506. The van der Waals surface area contributed by atoms with Crippen LogP contribution in [0.2, 0.25) is 0 Å². The first-order valence-corrected chi connectivity index (χ1v) is 7.06. The van der Waals surface area contributed by atoms with Crippen molar-refractivity contribution in [1.82, 2.24) is 10.6 Å². The fraction of sp³-hybridized carbons (Fsp3) is 1.00. The molecule has 1 aliphatic rings. The highest BCUT2D eigenvalue weighted by atomic mass is 15.0. The first-order chi connectivity index (χ1) is 7.64. The maximum atomic E-state index is 3.71. The molecule has 16 heavy (non-hydrogen) atoms. The van der Waals surface area contributed by atoms with Crippen LogP contribution in [0.4, 0.5) is 0 Å². The zero-order valence-corrected chi connectivity index (χ0v) is 11.6. The van der Waals surface area contributed by atoms with Crippen LogP contribution >= 0.6 is 0 Å². The van der Waals surface area contributed by atoms with Crippen LogP contribution in [0.5, 0.6) is 0 Å². The molecule has 0 aromatic rings. The maximum absolute atomic E-state index is 3.71. The van der Waals surface area contributed by atoms with Gasteiger partial charge in [0.2, 0.25) is 0 Å². The van der Waals surface area contributed by atoms with Crippen LogP contribution in [0, 0.1) is 17.3 Å². The maximum Gasteiger partial charge on any atom is 0.00230 e. The van der Waals surface area contributed by atoms with E-state index in [1.165, 1.54) is 45.4 Å². The molecular formula is C14H30N2. The summed E-state index contributed by atoms with van der Waals surface area (Å²) in [5, 5.41) is 7.23. The third kappa shape index (κ3) is 3.46. The van der Waals surface area contributed by atoms with Gasteiger partial charge in [0.1, 0.15) is 0 Å². The molecule has 96 valence electrons. The van der Waals surface area contributed by atoms with E-state index < -0.39 is 0 Å². The summed E-state index contributed by atoms with van der Waals surface area (Å²) in [7, 11) is 0. The Labute approximate surface area is 102 Å². The Morgan fingerprint density at radius 2 is 1.94 bits per heavy atom. The Morgan fingerprint density at radius 1 is 1.25 bits per heavy atom. The molecule has 0 aliphatic carbocycles. The van der Waals surface area contributed by atoms with Gasteiger partial charge in [0.15, 0.2) is 0 Å². The zero-order valence-electron chi connectivity index (χ0n) is 11.6. The summed E-state index contributed by atoms with van der Waals surface area (Å²) in [4.78, 5) is 0. The van der Waals surface area contributed by atoms with Gasteiger partial charge in [-0.1, -0.05) is 40.5 Å². The van der Waals surface area contributed by atoms with Crippen molar-refractivity contribution in [3.05, 3.63) is 0 Å². The Morgan fingerprint density at radius 3 is 2.38 bits per heavy atom. The molecule has 1 heterocycles. The molecule has 2 heteroatoms. The van der Waals surface area contributed by atoms with Gasteiger partial charge in [0.25, 0.3) is 0 Å². The third-order valence-electron chi connectivity index (χ3n) is 4.57. The molecule has 2 N–H and O–H groups in total. The van der Waals surface area contributed by atoms with Crippen molar-refractivity contribution in [2.24, 2.45) is 17.3 Å². The standard InChI is InChI=1S/C14H30N2/c1-5-13(6-2)9-16-11-14(12(3)4)7-8-15-10-14/h12-13,15-16H,5-11H2,1-4H3. The molecule has 1 fully saturated rings. The van der Waals surface area contributed by atoms with Crippen LogP contribution in [-0.4, -0.2) is 26.2 Å². The van der Waals surface area contributed by atoms with E-state index in [1.54, 1.807) is 0 Å². The number of hydrogen-bond acceptors (Lipinski definition) is 2. The summed E-state index contributed by atoms with van der Waals surface area (Å²) >= 11 is 0. The van der Waals surface area contributed by atoms with Gasteiger partial charge < -0.3 is 10.6 Å². The average Bonchev–Trinajstić information content (AvgIpc) is 2.74. The lowest BCUT2D eigenvalue weighted by Crippen LogP contribution is -2.41. The summed E-state index contributed by atoms with van der Waals surface area (Å²) in [6.45, 7) is 14.1. The molecule has 1 atom stereocenters.